The van der Waals surface area contributed by atoms with Gasteiger partial charge in [0.2, 0.25) is 6.79 Å². The molecular weight excluding hydrogens is 346 g/mol. The monoisotopic (exact) mass is 359 g/mol. The summed E-state index contributed by atoms with van der Waals surface area (Å²) >= 11 is 3.34. The fourth-order valence-electron chi connectivity index (χ4n) is 2.93. The first kappa shape index (κ1) is 13.8. The zero-order chi connectivity index (χ0) is 15.2. The lowest BCUT2D eigenvalue weighted by atomic mass is 9.88. The Bertz CT molecular complexity index is 755. The molecule has 0 spiro atoms. The molecule has 4 nitrogen and oxygen atoms in total. The van der Waals surface area contributed by atoms with Crippen molar-refractivity contribution in [1.82, 2.24) is 4.98 Å². The standard InChI is InChI=1S/C17H14BrNO3/c18-16-3-1-2-12(19-16)9-15(20)17(6-7-17)11-4-5-13-14(8-11)22-10-21-13/h1-5,8H,6-7,9-10H2. The molecule has 0 atom stereocenters. The van der Waals surface area contributed by atoms with Crippen molar-refractivity contribution < 1.29 is 14.3 Å². The minimum absolute atomic E-state index is 0.219. The number of carbonyl (C=O) groups is 1. The maximum Gasteiger partial charge on any atom is 0.231 e. The number of ketones is 1. The molecule has 2 aliphatic rings. The van der Waals surface area contributed by atoms with Gasteiger partial charge in [0.05, 0.1) is 5.41 Å². The fraction of sp³-hybridized carbons (Fsp3) is 0.294. The van der Waals surface area contributed by atoms with Crippen LogP contribution in [0, 0.1) is 0 Å². The average Bonchev–Trinajstić information content (AvgIpc) is 3.19. The Labute approximate surface area is 136 Å². The molecule has 0 radical (unpaired) electrons. The van der Waals surface area contributed by atoms with E-state index in [2.05, 4.69) is 20.9 Å². The maximum absolute atomic E-state index is 12.8. The Balaban J connectivity index is 1.60. The van der Waals surface area contributed by atoms with E-state index < -0.39 is 0 Å². The highest BCUT2D eigenvalue weighted by Gasteiger charge is 2.50. The fourth-order valence-corrected chi connectivity index (χ4v) is 3.31. The molecular formula is C17H14BrNO3. The molecule has 2 heterocycles. The molecule has 112 valence electrons. The summed E-state index contributed by atoms with van der Waals surface area (Å²) in [7, 11) is 0. The zero-order valence-electron chi connectivity index (χ0n) is 11.8. The van der Waals surface area contributed by atoms with E-state index in [1.54, 1.807) is 0 Å². The van der Waals surface area contributed by atoms with Gasteiger partial charge in [-0.15, -0.1) is 0 Å². The highest BCUT2D eigenvalue weighted by atomic mass is 79.9. The number of rotatable bonds is 4. The Kier molecular flexibility index (Phi) is 3.18. The van der Waals surface area contributed by atoms with Gasteiger partial charge in [0.15, 0.2) is 11.5 Å². The lowest BCUT2D eigenvalue weighted by Gasteiger charge is -2.15. The Morgan fingerprint density at radius 3 is 2.77 bits per heavy atom. The van der Waals surface area contributed by atoms with Gasteiger partial charge in [0.25, 0.3) is 0 Å². The number of hydrogen-bond acceptors (Lipinski definition) is 4. The summed E-state index contributed by atoms with van der Waals surface area (Å²) in [6.45, 7) is 0.252. The van der Waals surface area contributed by atoms with E-state index in [-0.39, 0.29) is 18.0 Å². The molecule has 1 aliphatic heterocycles. The van der Waals surface area contributed by atoms with Crippen molar-refractivity contribution in [2.75, 3.05) is 6.79 Å². The van der Waals surface area contributed by atoms with Crippen molar-refractivity contribution in [1.29, 1.82) is 0 Å². The quantitative estimate of drug-likeness (QED) is 0.784. The summed E-state index contributed by atoms with van der Waals surface area (Å²) in [6, 6.07) is 11.5. The van der Waals surface area contributed by atoms with E-state index in [9.17, 15) is 4.79 Å². The van der Waals surface area contributed by atoms with Gasteiger partial charge in [0.1, 0.15) is 10.4 Å². The first-order valence-corrected chi connectivity index (χ1v) is 8.02. The molecule has 1 aromatic carbocycles. The van der Waals surface area contributed by atoms with E-state index in [4.69, 9.17) is 9.47 Å². The molecule has 0 saturated heterocycles. The van der Waals surface area contributed by atoms with Gasteiger partial charge in [-0.1, -0.05) is 12.1 Å². The number of hydrogen-bond donors (Lipinski definition) is 0. The second-order valence-electron chi connectivity index (χ2n) is 5.70. The van der Waals surface area contributed by atoms with E-state index in [0.29, 0.717) is 6.42 Å². The molecule has 1 aliphatic carbocycles. The molecule has 0 bridgehead atoms. The van der Waals surface area contributed by atoms with Crippen LogP contribution in [0.4, 0.5) is 0 Å². The van der Waals surface area contributed by atoms with Crippen molar-refractivity contribution in [3.63, 3.8) is 0 Å². The van der Waals surface area contributed by atoms with Crippen LogP contribution in [-0.2, 0) is 16.6 Å². The van der Waals surface area contributed by atoms with Gasteiger partial charge in [0, 0.05) is 12.1 Å². The number of benzene rings is 1. The first-order chi connectivity index (χ1) is 10.7. The van der Waals surface area contributed by atoms with Crippen LogP contribution >= 0.6 is 15.9 Å². The number of fused-ring (bicyclic) bond motifs is 1. The van der Waals surface area contributed by atoms with Crippen LogP contribution in [0.15, 0.2) is 41.0 Å². The summed E-state index contributed by atoms with van der Waals surface area (Å²) in [5.74, 6) is 1.70. The molecule has 22 heavy (non-hydrogen) atoms. The molecule has 1 fully saturated rings. The Morgan fingerprint density at radius 2 is 2.00 bits per heavy atom. The predicted octanol–water partition coefficient (Wildman–Crippen LogP) is 3.42. The average molecular weight is 360 g/mol. The Hall–Kier alpha value is -1.88. The molecule has 1 saturated carbocycles. The third-order valence-electron chi connectivity index (χ3n) is 4.32. The lowest BCUT2D eigenvalue weighted by Crippen LogP contribution is -2.23. The van der Waals surface area contributed by atoms with Crippen LogP contribution in [0.3, 0.4) is 0 Å². The maximum atomic E-state index is 12.8. The number of halogens is 1. The van der Waals surface area contributed by atoms with Gasteiger partial charge in [-0.05, 0) is 58.6 Å². The van der Waals surface area contributed by atoms with Crippen LogP contribution < -0.4 is 9.47 Å². The topological polar surface area (TPSA) is 48.4 Å². The van der Waals surface area contributed by atoms with Gasteiger partial charge in [-0.3, -0.25) is 4.79 Å². The lowest BCUT2D eigenvalue weighted by molar-refractivity contribution is -0.120. The molecule has 1 aromatic heterocycles. The largest absolute Gasteiger partial charge is 0.454 e. The highest BCUT2D eigenvalue weighted by Crippen LogP contribution is 2.51. The van der Waals surface area contributed by atoms with Crippen LogP contribution in [-0.4, -0.2) is 17.6 Å². The molecule has 0 unspecified atom stereocenters. The smallest absolute Gasteiger partial charge is 0.231 e. The van der Waals surface area contributed by atoms with Crippen LogP contribution in [0.5, 0.6) is 11.5 Å². The van der Waals surface area contributed by atoms with Crippen molar-refractivity contribution >= 4 is 21.7 Å². The molecule has 0 amide bonds. The SMILES string of the molecule is O=C(Cc1cccc(Br)n1)C1(c2ccc3c(c2)OCO3)CC1. The van der Waals surface area contributed by atoms with Crippen molar-refractivity contribution in [3.05, 3.63) is 52.3 Å². The number of nitrogens with zero attached hydrogens (tertiary/aromatic N) is 1. The van der Waals surface area contributed by atoms with Crippen LogP contribution in [0.25, 0.3) is 0 Å². The van der Waals surface area contributed by atoms with Crippen molar-refractivity contribution in [2.45, 2.75) is 24.7 Å². The molecule has 0 N–H and O–H groups in total. The van der Waals surface area contributed by atoms with Crippen LogP contribution in [0.1, 0.15) is 24.1 Å². The summed E-state index contributed by atoms with van der Waals surface area (Å²) in [4.78, 5) is 17.1. The third-order valence-corrected chi connectivity index (χ3v) is 4.77. The zero-order valence-corrected chi connectivity index (χ0v) is 13.4. The van der Waals surface area contributed by atoms with Crippen molar-refractivity contribution in [2.24, 2.45) is 0 Å². The second kappa shape index (κ2) is 5.09. The van der Waals surface area contributed by atoms with Gasteiger partial charge in [-0.2, -0.15) is 0 Å². The minimum atomic E-state index is -0.370. The summed E-state index contributed by atoms with van der Waals surface area (Å²) in [5.41, 5.74) is 1.45. The number of aromatic nitrogens is 1. The summed E-state index contributed by atoms with van der Waals surface area (Å²) in [6.07, 6.45) is 2.13. The van der Waals surface area contributed by atoms with Crippen LogP contribution in [0.2, 0.25) is 0 Å². The summed E-state index contributed by atoms with van der Waals surface area (Å²) < 4.78 is 11.5. The normalized spacial score (nSPS) is 17.3. The predicted molar refractivity (Wildman–Crippen MR) is 84.1 cm³/mol. The Morgan fingerprint density at radius 1 is 1.18 bits per heavy atom. The number of pyridine rings is 1. The van der Waals surface area contributed by atoms with E-state index in [1.807, 2.05) is 36.4 Å². The van der Waals surface area contributed by atoms with Crippen molar-refractivity contribution in [3.8, 4) is 11.5 Å². The minimum Gasteiger partial charge on any atom is -0.454 e. The first-order valence-electron chi connectivity index (χ1n) is 7.22. The number of ether oxygens (including phenoxy) is 2. The van der Waals surface area contributed by atoms with Gasteiger partial charge in [-0.25, -0.2) is 4.98 Å². The summed E-state index contributed by atoms with van der Waals surface area (Å²) in [5, 5.41) is 0. The number of Topliss-reactive ketones (excluding diaryl/α,β-unsaturated/α-hetero) is 1. The highest BCUT2D eigenvalue weighted by molar-refractivity contribution is 9.10. The third kappa shape index (κ3) is 2.29. The molecule has 4 rings (SSSR count). The molecule has 2 aromatic rings. The van der Waals surface area contributed by atoms with Gasteiger partial charge >= 0.3 is 0 Å². The second-order valence-corrected chi connectivity index (χ2v) is 6.51. The van der Waals surface area contributed by atoms with E-state index in [1.165, 1.54) is 0 Å². The van der Waals surface area contributed by atoms with E-state index in [0.717, 1.165) is 40.2 Å². The van der Waals surface area contributed by atoms with E-state index >= 15 is 0 Å². The van der Waals surface area contributed by atoms with Gasteiger partial charge < -0.3 is 9.47 Å². The molecule has 5 heteroatoms. The number of carbonyl (C=O) groups excluding carboxylic acids is 1.